The van der Waals surface area contributed by atoms with Crippen LogP contribution < -0.4 is 51.4 Å². The van der Waals surface area contributed by atoms with E-state index in [0.717, 1.165) is 0 Å². The summed E-state index contributed by atoms with van der Waals surface area (Å²) in [4.78, 5) is 9.60. The van der Waals surface area contributed by atoms with Crippen LogP contribution in [-0.4, -0.2) is 29.8 Å². The van der Waals surface area contributed by atoms with Gasteiger partial charge in [-0.3, -0.25) is 4.55 Å². The fourth-order valence-electron chi connectivity index (χ4n) is 0.284. The average Bonchev–Trinajstić information content (AvgIpc) is 2.00. The van der Waals surface area contributed by atoms with Crippen molar-refractivity contribution in [3.63, 3.8) is 0 Å². The Labute approximate surface area is 133 Å². The number of carbonyl (C=O) groups is 1. The number of carboxylic acids is 1. The van der Waals surface area contributed by atoms with Crippen LogP contribution in [0, 0.1) is 6.92 Å². The SMILES string of the molecule is C=C(C)C(=O)O.[CH2-]CCCS(=O)(=O)O.[K+]. The fraction of sp³-hybridized carbons (Fsp3) is 0.500. The van der Waals surface area contributed by atoms with E-state index in [0.29, 0.717) is 12.8 Å². The Morgan fingerprint density at radius 3 is 1.87 bits per heavy atom. The molecule has 2 N–H and O–H groups in total. The average molecular weight is 262 g/mol. The Hall–Kier alpha value is 0.756. The maximum atomic E-state index is 9.92. The molecular formula is C8H15KO5S. The van der Waals surface area contributed by atoms with Gasteiger partial charge in [0.2, 0.25) is 0 Å². The number of aliphatic carboxylic acids is 1. The van der Waals surface area contributed by atoms with Gasteiger partial charge in [0.25, 0.3) is 10.1 Å². The molecule has 0 aliphatic rings. The maximum absolute atomic E-state index is 9.92. The van der Waals surface area contributed by atoms with Gasteiger partial charge in [0, 0.05) is 5.57 Å². The molecule has 0 fully saturated rings. The van der Waals surface area contributed by atoms with Crippen LogP contribution in [0.2, 0.25) is 0 Å². The summed E-state index contributed by atoms with van der Waals surface area (Å²) in [5.74, 6) is -1.11. The Balaban J connectivity index is -0.000000187. The second-order valence-corrected chi connectivity index (χ2v) is 4.15. The minimum atomic E-state index is -3.73. The van der Waals surface area contributed by atoms with Crippen molar-refractivity contribution in [2.24, 2.45) is 0 Å². The molecule has 0 aliphatic carbocycles. The molecule has 0 unspecified atom stereocenters. The Morgan fingerprint density at radius 2 is 1.80 bits per heavy atom. The minimum absolute atomic E-state index is 0. The number of hydrogen-bond acceptors (Lipinski definition) is 3. The van der Waals surface area contributed by atoms with Gasteiger partial charge in [0.05, 0.1) is 5.75 Å². The summed E-state index contributed by atoms with van der Waals surface area (Å²) in [5, 5.41) is 7.89. The third-order valence-corrected chi connectivity index (χ3v) is 1.82. The first-order valence-electron chi connectivity index (χ1n) is 3.84. The normalized spacial score (nSPS) is 9.27. The largest absolute Gasteiger partial charge is 1.00 e. The molecule has 0 rings (SSSR count). The van der Waals surface area contributed by atoms with E-state index >= 15 is 0 Å². The Kier molecular flexibility index (Phi) is 15.8. The molecule has 0 spiro atoms. The van der Waals surface area contributed by atoms with Crippen molar-refractivity contribution < 1.29 is 74.3 Å². The fourth-order valence-corrected chi connectivity index (χ4v) is 0.853. The van der Waals surface area contributed by atoms with Crippen LogP contribution in [0.3, 0.4) is 0 Å². The van der Waals surface area contributed by atoms with Crippen LogP contribution >= 0.6 is 0 Å². The molecule has 0 bridgehead atoms. The Morgan fingerprint density at radius 1 is 1.47 bits per heavy atom. The van der Waals surface area contributed by atoms with Gasteiger partial charge in [-0.05, 0) is 6.92 Å². The molecule has 5 nitrogen and oxygen atoms in total. The maximum Gasteiger partial charge on any atom is 1.00 e. The van der Waals surface area contributed by atoms with Gasteiger partial charge in [0.1, 0.15) is 0 Å². The van der Waals surface area contributed by atoms with E-state index < -0.39 is 16.1 Å². The van der Waals surface area contributed by atoms with Crippen molar-refractivity contribution in [1.29, 1.82) is 0 Å². The van der Waals surface area contributed by atoms with Crippen molar-refractivity contribution in [3.8, 4) is 0 Å². The predicted octanol–water partition coefficient (Wildman–Crippen LogP) is -1.86. The van der Waals surface area contributed by atoms with E-state index in [2.05, 4.69) is 13.5 Å². The van der Waals surface area contributed by atoms with Gasteiger partial charge < -0.3 is 12.0 Å². The smallest absolute Gasteiger partial charge is 0.478 e. The van der Waals surface area contributed by atoms with Crippen LogP contribution in [0.1, 0.15) is 19.8 Å². The molecule has 84 valence electrons. The van der Waals surface area contributed by atoms with Gasteiger partial charge in [-0.25, -0.2) is 4.79 Å². The molecule has 7 heteroatoms. The second kappa shape index (κ2) is 11.2. The zero-order valence-corrected chi connectivity index (χ0v) is 13.0. The summed E-state index contributed by atoms with van der Waals surface area (Å²) in [5.41, 5.74) is 0.176. The van der Waals surface area contributed by atoms with Gasteiger partial charge in [0.15, 0.2) is 0 Å². The van der Waals surface area contributed by atoms with Crippen LogP contribution in [-0.2, 0) is 14.9 Å². The zero-order valence-electron chi connectivity index (χ0n) is 9.06. The summed E-state index contributed by atoms with van der Waals surface area (Å²) in [6.07, 6.45) is 0.971. The minimum Gasteiger partial charge on any atom is -0.478 e. The first-order chi connectivity index (χ1) is 6.20. The second-order valence-electron chi connectivity index (χ2n) is 2.58. The molecule has 0 aromatic carbocycles. The van der Waals surface area contributed by atoms with Gasteiger partial charge in [-0.2, -0.15) is 14.8 Å². The van der Waals surface area contributed by atoms with Gasteiger partial charge in [-0.1, -0.05) is 13.0 Å². The molecule has 0 aromatic rings. The first kappa shape index (κ1) is 21.1. The topological polar surface area (TPSA) is 91.7 Å². The van der Waals surface area contributed by atoms with E-state index in [9.17, 15) is 13.2 Å². The standard InChI is InChI=1S/C4H9O3S.C4H6O2.K/c1-2-3-4-8(5,6)7;1-3(2)4(5)6;/h1-4H2,(H,5,6,7);1H2,2H3,(H,5,6);/q-1;;+1. The number of carboxylic acid groups (broad SMARTS) is 1. The molecule has 0 heterocycles. The van der Waals surface area contributed by atoms with E-state index in [-0.39, 0.29) is 62.7 Å². The van der Waals surface area contributed by atoms with Crippen molar-refractivity contribution in [2.45, 2.75) is 19.8 Å². The molecular weight excluding hydrogens is 247 g/mol. The zero-order chi connectivity index (χ0) is 11.8. The number of hydrogen-bond donors (Lipinski definition) is 2. The van der Waals surface area contributed by atoms with E-state index in [4.69, 9.17) is 9.66 Å². The monoisotopic (exact) mass is 262 g/mol. The summed E-state index contributed by atoms with van der Waals surface area (Å²) < 4.78 is 27.9. The van der Waals surface area contributed by atoms with Crippen LogP contribution in [0.5, 0.6) is 0 Å². The predicted molar refractivity (Wildman–Crippen MR) is 53.5 cm³/mol. The number of unbranched alkanes of at least 4 members (excludes halogenated alkanes) is 1. The molecule has 0 amide bonds. The van der Waals surface area contributed by atoms with Crippen LogP contribution in [0.25, 0.3) is 0 Å². The summed E-state index contributed by atoms with van der Waals surface area (Å²) >= 11 is 0. The summed E-state index contributed by atoms with van der Waals surface area (Å²) in [7, 11) is -3.73. The van der Waals surface area contributed by atoms with E-state index in [1.165, 1.54) is 6.92 Å². The van der Waals surface area contributed by atoms with E-state index in [1.54, 1.807) is 0 Å². The Bertz CT molecular complexity index is 271. The molecule has 0 aliphatic heterocycles. The summed E-state index contributed by atoms with van der Waals surface area (Å²) in [6.45, 7) is 8.02. The van der Waals surface area contributed by atoms with Crippen molar-refractivity contribution >= 4 is 16.1 Å². The first-order valence-corrected chi connectivity index (χ1v) is 5.45. The van der Waals surface area contributed by atoms with Crippen molar-refractivity contribution in [3.05, 3.63) is 19.1 Å². The molecule has 15 heavy (non-hydrogen) atoms. The molecule has 0 aromatic heterocycles. The third kappa shape index (κ3) is 25.2. The summed E-state index contributed by atoms with van der Waals surface area (Å²) in [6, 6.07) is 0. The molecule has 0 saturated heterocycles. The van der Waals surface area contributed by atoms with Gasteiger partial charge >= 0.3 is 57.4 Å². The van der Waals surface area contributed by atoms with Crippen LogP contribution in [0.15, 0.2) is 12.2 Å². The quantitative estimate of drug-likeness (QED) is 0.268. The van der Waals surface area contributed by atoms with Crippen LogP contribution in [0.4, 0.5) is 0 Å². The van der Waals surface area contributed by atoms with E-state index in [1.807, 2.05) is 0 Å². The van der Waals surface area contributed by atoms with Crippen molar-refractivity contribution in [1.82, 2.24) is 0 Å². The van der Waals surface area contributed by atoms with Gasteiger partial charge in [-0.15, -0.1) is 0 Å². The number of rotatable bonds is 4. The molecule has 0 atom stereocenters. The van der Waals surface area contributed by atoms with Crippen molar-refractivity contribution in [2.75, 3.05) is 5.75 Å². The molecule has 0 radical (unpaired) electrons. The molecule has 0 saturated carbocycles. The third-order valence-electron chi connectivity index (χ3n) is 1.02.